The van der Waals surface area contributed by atoms with Crippen LogP contribution in [-0.2, 0) is 0 Å². The average molecular weight is 322 g/mol. The minimum absolute atomic E-state index is 0.0435. The molecule has 24 heavy (non-hydrogen) atoms. The highest BCUT2D eigenvalue weighted by molar-refractivity contribution is 5.95. The van der Waals surface area contributed by atoms with Crippen molar-refractivity contribution in [3.8, 4) is 0 Å². The van der Waals surface area contributed by atoms with Gasteiger partial charge in [-0.15, -0.1) is 0 Å². The van der Waals surface area contributed by atoms with Gasteiger partial charge in [-0.2, -0.15) is 0 Å². The van der Waals surface area contributed by atoms with Crippen LogP contribution in [0.4, 0.5) is 17.1 Å². The highest BCUT2D eigenvalue weighted by Gasteiger charge is 2.23. The third-order valence-electron chi connectivity index (χ3n) is 4.54. The van der Waals surface area contributed by atoms with E-state index in [1.807, 2.05) is 6.07 Å². The lowest BCUT2D eigenvalue weighted by molar-refractivity contribution is 0.0951. The van der Waals surface area contributed by atoms with Crippen molar-refractivity contribution < 1.29 is 4.79 Å². The molecular weight excluding hydrogens is 300 g/mol. The summed E-state index contributed by atoms with van der Waals surface area (Å²) in [4.78, 5) is 18.7. The minimum atomic E-state index is -0.0435. The maximum Gasteiger partial charge on any atom is 0.253 e. The first-order valence-electron chi connectivity index (χ1n) is 8.66. The van der Waals surface area contributed by atoms with Crippen LogP contribution < -0.4 is 15.5 Å². The highest BCUT2D eigenvalue weighted by Crippen LogP contribution is 2.24. The molecule has 0 bridgehead atoms. The van der Waals surface area contributed by atoms with Crippen molar-refractivity contribution in [1.82, 2.24) is 10.3 Å². The zero-order valence-corrected chi connectivity index (χ0v) is 13.7. The van der Waals surface area contributed by atoms with E-state index in [1.165, 1.54) is 18.5 Å². The molecule has 5 heteroatoms. The SMILES string of the molecule is O=C(NC1CC1)c1cncc(Nc2ccc(N3CCCC3)cc2)c1. The molecule has 4 rings (SSSR count). The van der Waals surface area contributed by atoms with Gasteiger partial charge >= 0.3 is 0 Å². The van der Waals surface area contributed by atoms with Gasteiger partial charge in [0, 0.05) is 36.7 Å². The Morgan fingerprint density at radius 1 is 1.04 bits per heavy atom. The predicted octanol–water partition coefficient (Wildman–Crippen LogP) is 3.32. The first-order valence-corrected chi connectivity index (χ1v) is 8.66. The molecule has 1 amide bonds. The number of anilines is 3. The maximum atomic E-state index is 12.1. The van der Waals surface area contributed by atoms with Gasteiger partial charge in [0.2, 0.25) is 0 Å². The number of carbonyl (C=O) groups is 1. The Balaban J connectivity index is 1.43. The van der Waals surface area contributed by atoms with Crippen LogP contribution in [0.25, 0.3) is 0 Å². The smallest absolute Gasteiger partial charge is 0.253 e. The summed E-state index contributed by atoms with van der Waals surface area (Å²) in [6.07, 6.45) is 8.07. The fourth-order valence-electron chi connectivity index (χ4n) is 3.03. The fourth-order valence-corrected chi connectivity index (χ4v) is 3.03. The van der Waals surface area contributed by atoms with E-state index in [4.69, 9.17) is 0 Å². The van der Waals surface area contributed by atoms with Crippen LogP contribution in [0.1, 0.15) is 36.0 Å². The summed E-state index contributed by atoms with van der Waals surface area (Å²) < 4.78 is 0. The van der Waals surface area contributed by atoms with E-state index in [-0.39, 0.29) is 5.91 Å². The second-order valence-corrected chi connectivity index (χ2v) is 6.58. The van der Waals surface area contributed by atoms with Gasteiger partial charge in [0.25, 0.3) is 5.91 Å². The molecule has 2 fully saturated rings. The van der Waals surface area contributed by atoms with Gasteiger partial charge in [0.05, 0.1) is 17.4 Å². The van der Waals surface area contributed by atoms with Gasteiger partial charge < -0.3 is 15.5 Å². The molecule has 0 radical (unpaired) electrons. The summed E-state index contributed by atoms with van der Waals surface area (Å²) >= 11 is 0. The topological polar surface area (TPSA) is 57.3 Å². The lowest BCUT2D eigenvalue weighted by Crippen LogP contribution is -2.25. The number of nitrogens with zero attached hydrogens (tertiary/aromatic N) is 2. The third-order valence-corrected chi connectivity index (χ3v) is 4.54. The molecule has 0 unspecified atom stereocenters. The van der Waals surface area contributed by atoms with Crippen molar-refractivity contribution in [2.45, 2.75) is 31.7 Å². The number of pyridine rings is 1. The van der Waals surface area contributed by atoms with Crippen molar-refractivity contribution in [3.63, 3.8) is 0 Å². The van der Waals surface area contributed by atoms with Crippen LogP contribution in [0.5, 0.6) is 0 Å². The van der Waals surface area contributed by atoms with E-state index >= 15 is 0 Å². The molecule has 1 aromatic heterocycles. The summed E-state index contributed by atoms with van der Waals surface area (Å²) in [6, 6.07) is 10.6. The molecule has 1 aliphatic carbocycles. The van der Waals surface area contributed by atoms with Crippen molar-refractivity contribution >= 4 is 23.0 Å². The largest absolute Gasteiger partial charge is 0.372 e. The zero-order valence-electron chi connectivity index (χ0n) is 13.7. The first kappa shape index (κ1) is 15.0. The summed E-state index contributed by atoms with van der Waals surface area (Å²) in [6.45, 7) is 2.30. The van der Waals surface area contributed by atoms with E-state index < -0.39 is 0 Å². The van der Waals surface area contributed by atoms with Crippen molar-refractivity contribution in [3.05, 3.63) is 48.3 Å². The molecule has 0 atom stereocenters. The van der Waals surface area contributed by atoms with Crippen molar-refractivity contribution in [1.29, 1.82) is 0 Å². The summed E-state index contributed by atoms with van der Waals surface area (Å²) in [5.74, 6) is -0.0435. The monoisotopic (exact) mass is 322 g/mol. The molecule has 0 spiro atoms. The summed E-state index contributed by atoms with van der Waals surface area (Å²) in [7, 11) is 0. The Bertz CT molecular complexity index is 718. The molecule has 124 valence electrons. The average Bonchev–Trinajstić information content (AvgIpc) is 3.25. The lowest BCUT2D eigenvalue weighted by Gasteiger charge is -2.18. The number of hydrogen-bond donors (Lipinski definition) is 2. The predicted molar refractivity (Wildman–Crippen MR) is 95.9 cm³/mol. The number of benzene rings is 1. The normalized spacial score (nSPS) is 16.9. The second kappa shape index (κ2) is 6.51. The molecule has 1 saturated heterocycles. The van der Waals surface area contributed by atoms with E-state index in [9.17, 15) is 4.79 Å². The van der Waals surface area contributed by atoms with Gasteiger partial charge in [-0.25, -0.2) is 0 Å². The van der Waals surface area contributed by atoms with E-state index in [1.54, 1.807) is 12.4 Å². The lowest BCUT2D eigenvalue weighted by atomic mass is 10.2. The Hall–Kier alpha value is -2.56. The molecular formula is C19H22N4O. The second-order valence-electron chi connectivity index (χ2n) is 6.58. The van der Waals surface area contributed by atoms with Crippen LogP contribution in [0, 0.1) is 0 Å². The number of rotatable bonds is 5. The number of hydrogen-bond acceptors (Lipinski definition) is 4. The maximum absolute atomic E-state index is 12.1. The number of amides is 1. The Labute approximate surface area is 142 Å². The first-order chi connectivity index (χ1) is 11.8. The van der Waals surface area contributed by atoms with Crippen LogP contribution in [0.2, 0.25) is 0 Å². The van der Waals surface area contributed by atoms with Crippen LogP contribution in [-0.4, -0.2) is 30.0 Å². The highest BCUT2D eigenvalue weighted by atomic mass is 16.1. The molecule has 2 aliphatic rings. The third kappa shape index (κ3) is 3.50. The summed E-state index contributed by atoms with van der Waals surface area (Å²) in [5, 5.41) is 6.31. The number of carbonyl (C=O) groups excluding carboxylic acids is 1. The Kier molecular flexibility index (Phi) is 4.07. The number of nitrogens with one attached hydrogen (secondary N) is 2. The quantitative estimate of drug-likeness (QED) is 0.886. The van der Waals surface area contributed by atoms with Gasteiger partial charge in [0.15, 0.2) is 0 Å². The Morgan fingerprint density at radius 3 is 2.50 bits per heavy atom. The van der Waals surface area contributed by atoms with Gasteiger partial charge in [0.1, 0.15) is 0 Å². The molecule has 2 aromatic rings. The van der Waals surface area contributed by atoms with Gasteiger partial charge in [-0.1, -0.05) is 0 Å². The van der Waals surface area contributed by atoms with E-state index in [0.717, 1.165) is 37.3 Å². The number of aromatic nitrogens is 1. The van der Waals surface area contributed by atoms with Crippen molar-refractivity contribution in [2.75, 3.05) is 23.3 Å². The minimum Gasteiger partial charge on any atom is -0.372 e. The van der Waals surface area contributed by atoms with E-state index in [0.29, 0.717) is 11.6 Å². The van der Waals surface area contributed by atoms with E-state index in [2.05, 4.69) is 44.8 Å². The van der Waals surface area contributed by atoms with Crippen LogP contribution in [0.15, 0.2) is 42.7 Å². The fraction of sp³-hybridized carbons (Fsp3) is 0.368. The standard InChI is InChI=1S/C19H22N4O/c24-19(22-16-3-4-16)14-11-17(13-20-12-14)21-15-5-7-18(8-6-15)23-9-1-2-10-23/h5-8,11-13,16,21H,1-4,9-10H2,(H,22,24). The molecule has 1 aliphatic heterocycles. The zero-order chi connectivity index (χ0) is 16.4. The van der Waals surface area contributed by atoms with Crippen LogP contribution in [0.3, 0.4) is 0 Å². The molecule has 2 heterocycles. The van der Waals surface area contributed by atoms with Crippen molar-refractivity contribution in [2.24, 2.45) is 0 Å². The van der Waals surface area contributed by atoms with Gasteiger partial charge in [-0.3, -0.25) is 9.78 Å². The summed E-state index contributed by atoms with van der Waals surface area (Å²) in [5.41, 5.74) is 3.70. The molecule has 1 saturated carbocycles. The van der Waals surface area contributed by atoms with Gasteiger partial charge in [-0.05, 0) is 56.0 Å². The molecule has 1 aromatic carbocycles. The molecule has 5 nitrogen and oxygen atoms in total. The van der Waals surface area contributed by atoms with Crippen LogP contribution >= 0.6 is 0 Å². The Morgan fingerprint density at radius 2 is 1.79 bits per heavy atom. The molecule has 2 N–H and O–H groups in total.